The van der Waals surface area contributed by atoms with Crippen molar-refractivity contribution in [2.24, 2.45) is 5.41 Å². The predicted octanol–water partition coefficient (Wildman–Crippen LogP) is 7.64. The van der Waals surface area contributed by atoms with E-state index in [-0.39, 0.29) is 12.0 Å². The number of piperazine rings is 2. The van der Waals surface area contributed by atoms with E-state index in [4.69, 9.17) is 25.8 Å². The van der Waals surface area contributed by atoms with Crippen LogP contribution in [0.1, 0.15) is 62.9 Å². The molecule has 56 heavy (non-hydrogen) atoms. The number of carbonyl (C=O) groups is 3. The number of carbonyl (C=O) groups excluding carboxylic acids is 3. The molecular formula is C43H51ClN6O6. The van der Waals surface area contributed by atoms with Crippen LogP contribution in [0.4, 0.5) is 10.5 Å². The van der Waals surface area contributed by atoms with Crippen molar-refractivity contribution in [3.8, 4) is 11.5 Å². The SMILES string of the molecule is COC(=O)c1ccc(N2CCN(CC3=C(c4ccc(Cl)cc4)CCC(C)(C(=O)N4CCN(C(=O)OC(C)(C)C)CC4)C3)CC2)cc1Oc1cnc2[nH]ccc2c1. The summed E-state index contributed by atoms with van der Waals surface area (Å²) in [5.41, 5.74) is 4.64. The number of rotatable bonds is 8. The van der Waals surface area contributed by atoms with Gasteiger partial charge in [0.05, 0.1) is 18.7 Å². The van der Waals surface area contributed by atoms with Crippen molar-refractivity contribution in [1.29, 1.82) is 0 Å². The number of halogens is 1. The van der Waals surface area contributed by atoms with Gasteiger partial charge in [-0.3, -0.25) is 9.69 Å². The Labute approximate surface area is 333 Å². The van der Waals surface area contributed by atoms with Crippen molar-refractivity contribution in [3.63, 3.8) is 0 Å². The summed E-state index contributed by atoms with van der Waals surface area (Å²) in [5.74, 6) is 0.604. The van der Waals surface area contributed by atoms with E-state index in [2.05, 4.69) is 38.8 Å². The fourth-order valence-corrected chi connectivity index (χ4v) is 8.11. The first-order chi connectivity index (χ1) is 26.8. The first-order valence-electron chi connectivity index (χ1n) is 19.3. The summed E-state index contributed by atoms with van der Waals surface area (Å²) in [5, 5.41) is 1.60. The number of hydrogen-bond donors (Lipinski definition) is 1. The highest BCUT2D eigenvalue weighted by molar-refractivity contribution is 6.30. The van der Waals surface area contributed by atoms with Gasteiger partial charge in [-0.1, -0.05) is 36.2 Å². The van der Waals surface area contributed by atoms with Crippen molar-refractivity contribution >= 4 is 51.9 Å². The molecule has 13 heteroatoms. The van der Waals surface area contributed by atoms with Gasteiger partial charge in [-0.15, -0.1) is 0 Å². The zero-order valence-corrected chi connectivity index (χ0v) is 33.7. The van der Waals surface area contributed by atoms with Gasteiger partial charge < -0.3 is 33.9 Å². The van der Waals surface area contributed by atoms with E-state index in [0.29, 0.717) is 54.7 Å². The molecule has 2 aromatic carbocycles. The molecule has 0 bridgehead atoms. The highest BCUT2D eigenvalue weighted by atomic mass is 35.5. The van der Waals surface area contributed by atoms with Gasteiger partial charge in [0.25, 0.3) is 0 Å². The van der Waals surface area contributed by atoms with Crippen LogP contribution in [-0.4, -0.2) is 114 Å². The van der Waals surface area contributed by atoms with Crippen LogP contribution in [0.3, 0.4) is 0 Å². The summed E-state index contributed by atoms with van der Waals surface area (Å²) in [4.78, 5) is 55.6. The zero-order valence-electron chi connectivity index (χ0n) is 32.9. The van der Waals surface area contributed by atoms with Crippen molar-refractivity contribution in [3.05, 3.63) is 88.7 Å². The van der Waals surface area contributed by atoms with Crippen LogP contribution < -0.4 is 9.64 Å². The minimum Gasteiger partial charge on any atom is -0.465 e. The quantitative estimate of drug-likeness (QED) is 0.180. The van der Waals surface area contributed by atoms with Gasteiger partial charge in [0.2, 0.25) is 5.91 Å². The number of ether oxygens (including phenoxy) is 3. The molecule has 1 aliphatic carbocycles. The summed E-state index contributed by atoms with van der Waals surface area (Å²) in [6.45, 7) is 13.5. The van der Waals surface area contributed by atoms with Crippen LogP contribution in [0.2, 0.25) is 5.02 Å². The van der Waals surface area contributed by atoms with E-state index in [1.165, 1.54) is 18.3 Å². The van der Waals surface area contributed by atoms with Gasteiger partial charge in [-0.2, -0.15) is 0 Å². The molecule has 3 aliphatic rings. The molecule has 0 saturated carbocycles. The molecular weight excluding hydrogens is 732 g/mol. The highest BCUT2D eigenvalue weighted by Gasteiger charge is 2.42. The molecule has 1 unspecified atom stereocenters. The minimum atomic E-state index is -0.566. The normalized spacial score (nSPS) is 19.6. The van der Waals surface area contributed by atoms with E-state index in [9.17, 15) is 14.4 Å². The number of esters is 1. The number of hydrogen-bond acceptors (Lipinski definition) is 9. The molecule has 2 aliphatic heterocycles. The Morgan fingerprint density at radius 1 is 0.911 bits per heavy atom. The molecule has 4 heterocycles. The second-order valence-corrected chi connectivity index (χ2v) is 16.6. The lowest BCUT2D eigenvalue weighted by Gasteiger charge is -2.43. The Hall–Kier alpha value is -5.07. The largest absolute Gasteiger partial charge is 0.465 e. The lowest BCUT2D eigenvalue weighted by Crippen LogP contribution is -2.55. The van der Waals surface area contributed by atoms with Crippen LogP contribution in [0.5, 0.6) is 11.5 Å². The highest BCUT2D eigenvalue weighted by Crippen LogP contribution is 2.45. The first kappa shape index (κ1) is 39.2. The number of pyridine rings is 1. The number of aromatic amines is 1. The standard InChI is InChI=1S/C43H51ClN6O6/c1-42(2,3)56-41(53)50-22-20-49(21-23-50)40(52)43(4)14-12-35(29-6-8-32(44)9-7-29)31(26-43)28-47-16-18-48(19-17-47)33-10-11-36(39(51)54-5)37(25-33)55-34-24-30-13-15-45-38(30)46-27-34/h6-11,13,15,24-25,27H,12,14,16-23,26,28H2,1-5H3,(H,45,46). The number of nitrogens with one attached hydrogen (secondary N) is 1. The molecule has 1 atom stereocenters. The molecule has 2 saturated heterocycles. The summed E-state index contributed by atoms with van der Waals surface area (Å²) >= 11 is 6.29. The molecule has 296 valence electrons. The van der Waals surface area contributed by atoms with E-state index in [1.54, 1.807) is 17.2 Å². The Morgan fingerprint density at radius 3 is 2.32 bits per heavy atom. The summed E-state index contributed by atoms with van der Waals surface area (Å²) in [7, 11) is 1.36. The number of methoxy groups -OCH3 is 1. The number of benzene rings is 2. The summed E-state index contributed by atoms with van der Waals surface area (Å²) in [6, 6.07) is 17.4. The number of fused-ring (bicyclic) bond motifs is 1. The topological polar surface area (TPSA) is 121 Å². The lowest BCUT2D eigenvalue weighted by molar-refractivity contribution is -0.143. The third-order valence-electron chi connectivity index (χ3n) is 11.0. The minimum absolute atomic E-state index is 0.149. The van der Waals surface area contributed by atoms with E-state index >= 15 is 0 Å². The van der Waals surface area contributed by atoms with Gasteiger partial charge in [-0.25, -0.2) is 14.6 Å². The van der Waals surface area contributed by atoms with Gasteiger partial charge in [-0.05, 0) is 87.6 Å². The Kier molecular flexibility index (Phi) is 11.3. The molecule has 2 fully saturated rings. The van der Waals surface area contributed by atoms with E-state index < -0.39 is 17.0 Å². The molecule has 4 aromatic rings. The molecule has 12 nitrogen and oxygen atoms in total. The fraction of sp³-hybridized carbons (Fsp3) is 0.442. The average molecular weight is 783 g/mol. The zero-order chi connectivity index (χ0) is 39.6. The van der Waals surface area contributed by atoms with Crippen molar-refractivity contribution in [2.45, 2.75) is 52.6 Å². The molecule has 7 rings (SSSR count). The smallest absolute Gasteiger partial charge is 0.410 e. The van der Waals surface area contributed by atoms with Gasteiger partial charge >= 0.3 is 12.1 Å². The summed E-state index contributed by atoms with van der Waals surface area (Å²) < 4.78 is 16.9. The van der Waals surface area contributed by atoms with Crippen LogP contribution in [0.15, 0.2) is 72.6 Å². The number of allylic oxidation sites excluding steroid dienone is 1. The van der Waals surface area contributed by atoms with Crippen LogP contribution in [0, 0.1) is 5.41 Å². The Morgan fingerprint density at radius 2 is 1.62 bits per heavy atom. The van der Waals surface area contributed by atoms with E-state index in [1.807, 2.05) is 68.3 Å². The molecule has 0 radical (unpaired) electrons. The fourth-order valence-electron chi connectivity index (χ4n) is 7.98. The van der Waals surface area contributed by atoms with Gasteiger partial charge in [0.1, 0.15) is 28.3 Å². The maximum Gasteiger partial charge on any atom is 0.410 e. The first-order valence-corrected chi connectivity index (χ1v) is 19.7. The Bertz CT molecular complexity index is 2110. The van der Waals surface area contributed by atoms with Gasteiger partial charge in [0, 0.05) is 87.3 Å². The van der Waals surface area contributed by atoms with Crippen molar-refractivity contribution < 1.29 is 28.6 Å². The van der Waals surface area contributed by atoms with Crippen LogP contribution >= 0.6 is 11.6 Å². The molecule has 2 aromatic heterocycles. The number of anilines is 1. The summed E-state index contributed by atoms with van der Waals surface area (Å²) in [6.07, 6.45) is 5.32. The van der Waals surface area contributed by atoms with Gasteiger partial charge in [0.15, 0.2) is 0 Å². The van der Waals surface area contributed by atoms with Crippen LogP contribution in [-0.2, 0) is 14.3 Å². The second-order valence-electron chi connectivity index (χ2n) is 16.2. The number of nitrogens with zero attached hydrogens (tertiary/aromatic N) is 5. The Balaban J connectivity index is 1.04. The number of amides is 2. The molecule has 2 amide bonds. The maximum absolute atomic E-state index is 14.3. The average Bonchev–Trinajstić information content (AvgIpc) is 3.66. The van der Waals surface area contributed by atoms with Crippen LogP contribution in [0.25, 0.3) is 16.6 Å². The third-order valence-corrected chi connectivity index (χ3v) is 11.3. The van der Waals surface area contributed by atoms with Crippen molar-refractivity contribution in [1.82, 2.24) is 24.7 Å². The third kappa shape index (κ3) is 8.81. The lowest BCUT2D eigenvalue weighted by atomic mass is 9.70. The maximum atomic E-state index is 14.3. The van der Waals surface area contributed by atoms with Crippen molar-refractivity contribution in [2.75, 3.05) is 70.9 Å². The monoisotopic (exact) mass is 782 g/mol. The molecule has 0 spiro atoms. The predicted molar refractivity (Wildman–Crippen MR) is 217 cm³/mol. The van der Waals surface area contributed by atoms with E-state index in [0.717, 1.165) is 67.8 Å². The molecule has 1 N–H and O–H groups in total. The number of aromatic nitrogens is 2. The second kappa shape index (κ2) is 16.2. The number of H-pyrrole nitrogens is 1.